The SMILES string of the molecule is CN(Cc1cc2ccccc2o1)C(=O)C1CCCCC1(C)N.Cl. The molecule has 0 saturated heterocycles. The lowest BCUT2D eigenvalue weighted by Gasteiger charge is -2.39. The summed E-state index contributed by atoms with van der Waals surface area (Å²) in [6.45, 7) is 2.49. The lowest BCUT2D eigenvalue weighted by atomic mass is 9.74. The molecule has 1 heterocycles. The quantitative estimate of drug-likeness (QED) is 0.929. The monoisotopic (exact) mass is 336 g/mol. The van der Waals surface area contributed by atoms with Crippen molar-refractivity contribution in [3.8, 4) is 0 Å². The molecule has 2 aromatic rings. The topological polar surface area (TPSA) is 59.5 Å². The fourth-order valence-corrected chi connectivity index (χ4v) is 3.46. The van der Waals surface area contributed by atoms with Gasteiger partial charge in [-0.3, -0.25) is 4.79 Å². The molecule has 1 aromatic heterocycles. The van der Waals surface area contributed by atoms with Crippen molar-refractivity contribution in [2.75, 3.05) is 7.05 Å². The Morgan fingerprint density at radius 3 is 2.83 bits per heavy atom. The fraction of sp³-hybridized carbons (Fsp3) is 0.500. The summed E-state index contributed by atoms with van der Waals surface area (Å²) < 4.78 is 5.80. The standard InChI is InChI=1S/C18H24N2O2.ClH/c1-18(19)10-6-5-8-15(18)17(21)20(2)12-14-11-13-7-3-4-9-16(13)22-14;/h3-4,7,9,11,15H,5-6,8,10,12,19H2,1-2H3;1H. The zero-order valence-electron chi connectivity index (χ0n) is 13.7. The number of nitrogens with zero attached hydrogens (tertiary/aromatic N) is 1. The van der Waals surface area contributed by atoms with E-state index in [4.69, 9.17) is 10.2 Å². The molecule has 0 spiro atoms. The maximum Gasteiger partial charge on any atom is 0.227 e. The predicted octanol–water partition coefficient (Wildman–Crippen LogP) is 3.72. The highest BCUT2D eigenvalue weighted by atomic mass is 35.5. The molecule has 1 saturated carbocycles. The van der Waals surface area contributed by atoms with Gasteiger partial charge in [0, 0.05) is 18.0 Å². The van der Waals surface area contributed by atoms with Gasteiger partial charge in [0.15, 0.2) is 0 Å². The van der Waals surface area contributed by atoms with Gasteiger partial charge in [-0.05, 0) is 31.9 Å². The van der Waals surface area contributed by atoms with Crippen LogP contribution in [0.1, 0.15) is 38.4 Å². The van der Waals surface area contributed by atoms with E-state index in [1.54, 1.807) is 4.90 Å². The third-order valence-electron chi connectivity index (χ3n) is 4.80. The average Bonchev–Trinajstić information content (AvgIpc) is 2.88. The number of carbonyl (C=O) groups is 1. The molecule has 1 aliphatic rings. The Morgan fingerprint density at radius 2 is 2.13 bits per heavy atom. The molecule has 0 radical (unpaired) electrons. The first-order valence-electron chi connectivity index (χ1n) is 7.99. The first kappa shape index (κ1) is 17.8. The molecule has 23 heavy (non-hydrogen) atoms. The molecule has 3 rings (SSSR count). The molecule has 4 nitrogen and oxygen atoms in total. The predicted molar refractivity (Wildman–Crippen MR) is 94.5 cm³/mol. The highest BCUT2D eigenvalue weighted by Crippen LogP contribution is 2.33. The smallest absolute Gasteiger partial charge is 0.227 e. The van der Waals surface area contributed by atoms with Crippen LogP contribution in [0.2, 0.25) is 0 Å². The van der Waals surface area contributed by atoms with E-state index in [0.29, 0.717) is 6.54 Å². The third-order valence-corrected chi connectivity index (χ3v) is 4.80. The lowest BCUT2D eigenvalue weighted by molar-refractivity contribution is -0.138. The van der Waals surface area contributed by atoms with Gasteiger partial charge in [-0.1, -0.05) is 31.0 Å². The molecule has 1 amide bonds. The van der Waals surface area contributed by atoms with Gasteiger partial charge in [0.1, 0.15) is 11.3 Å². The minimum atomic E-state index is -0.391. The normalized spacial score (nSPS) is 24.2. The number of carbonyl (C=O) groups excluding carboxylic acids is 1. The summed E-state index contributed by atoms with van der Waals surface area (Å²) in [6.07, 6.45) is 4.00. The van der Waals surface area contributed by atoms with E-state index in [-0.39, 0.29) is 24.2 Å². The summed E-state index contributed by atoms with van der Waals surface area (Å²) >= 11 is 0. The van der Waals surface area contributed by atoms with Gasteiger partial charge in [0.25, 0.3) is 0 Å². The molecule has 2 atom stereocenters. The number of benzene rings is 1. The van der Waals surface area contributed by atoms with Crippen LogP contribution in [0.3, 0.4) is 0 Å². The first-order valence-corrected chi connectivity index (χ1v) is 7.99. The van der Waals surface area contributed by atoms with Crippen LogP contribution in [0.25, 0.3) is 11.0 Å². The third kappa shape index (κ3) is 3.70. The molecule has 1 aromatic carbocycles. The van der Waals surface area contributed by atoms with E-state index in [9.17, 15) is 4.79 Å². The van der Waals surface area contributed by atoms with Crippen LogP contribution >= 0.6 is 12.4 Å². The van der Waals surface area contributed by atoms with Crippen molar-refractivity contribution in [3.63, 3.8) is 0 Å². The Bertz CT molecular complexity index is 647. The maximum absolute atomic E-state index is 12.7. The van der Waals surface area contributed by atoms with Crippen LogP contribution in [0.5, 0.6) is 0 Å². The summed E-state index contributed by atoms with van der Waals surface area (Å²) in [5.74, 6) is 0.854. The van der Waals surface area contributed by atoms with Gasteiger partial charge in [0.2, 0.25) is 5.91 Å². The van der Waals surface area contributed by atoms with Gasteiger partial charge in [0.05, 0.1) is 12.5 Å². The van der Waals surface area contributed by atoms with Gasteiger partial charge in [-0.2, -0.15) is 0 Å². The maximum atomic E-state index is 12.7. The van der Waals surface area contributed by atoms with E-state index in [0.717, 1.165) is 42.4 Å². The second kappa shape index (κ2) is 6.93. The van der Waals surface area contributed by atoms with Crippen molar-refractivity contribution in [1.82, 2.24) is 4.90 Å². The molecule has 126 valence electrons. The van der Waals surface area contributed by atoms with E-state index in [1.807, 2.05) is 44.3 Å². The Hall–Kier alpha value is -1.52. The summed E-state index contributed by atoms with van der Waals surface area (Å²) in [5, 5.41) is 1.07. The zero-order valence-corrected chi connectivity index (χ0v) is 14.6. The number of rotatable bonds is 3. The van der Waals surface area contributed by atoms with Crippen molar-refractivity contribution < 1.29 is 9.21 Å². The van der Waals surface area contributed by atoms with Gasteiger partial charge >= 0.3 is 0 Å². The Balaban J connectivity index is 0.00000192. The Kier molecular flexibility index (Phi) is 5.37. The minimum absolute atomic E-state index is 0. The van der Waals surface area contributed by atoms with Crippen LogP contribution in [0, 0.1) is 5.92 Å². The minimum Gasteiger partial charge on any atom is -0.459 e. The van der Waals surface area contributed by atoms with E-state index < -0.39 is 5.54 Å². The second-order valence-corrected chi connectivity index (χ2v) is 6.75. The molecular weight excluding hydrogens is 312 g/mol. The molecule has 0 bridgehead atoms. The Morgan fingerprint density at radius 1 is 1.39 bits per heavy atom. The molecule has 1 fully saturated rings. The average molecular weight is 337 g/mol. The number of fused-ring (bicyclic) bond motifs is 1. The number of hydrogen-bond donors (Lipinski definition) is 1. The van der Waals surface area contributed by atoms with E-state index >= 15 is 0 Å². The van der Waals surface area contributed by atoms with Crippen LogP contribution in [0.15, 0.2) is 34.7 Å². The molecule has 5 heteroatoms. The largest absolute Gasteiger partial charge is 0.459 e. The highest BCUT2D eigenvalue weighted by molar-refractivity contribution is 5.85. The summed E-state index contributed by atoms with van der Waals surface area (Å²) in [5.41, 5.74) is 6.81. The van der Waals surface area contributed by atoms with Crippen molar-refractivity contribution in [2.45, 2.75) is 44.7 Å². The highest BCUT2D eigenvalue weighted by Gasteiger charge is 2.39. The number of hydrogen-bond acceptors (Lipinski definition) is 3. The van der Waals surface area contributed by atoms with E-state index in [1.165, 1.54) is 0 Å². The van der Waals surface area contributed by atoms with Crippen LogP contribution in [0.4, 0.5) is 0 Å². The number of furan rings is 1. The number of amides is 1. The van der Waals surface area contributed by atoms with Crippen molar-refractivity contribution in [2.24, 2.45) is 11.7 Å². The summed E-state index contributed by atoms with van der Waals surface area (Å²) in [4.78, 5) is 14.5. The second-order valence-electron chi connectivity index (χ2n) is 6.75. The van der Waals surface area contributed by atoms with Crippen LogP contribution in [-0.4, -0.2) is 23.4 Å². The number of para-hydroxylation sites is 1. The molecule has 2 N–H and O–H groups in total. The zero-order chi connectivity index (χ0) is 15.7. The summed E-state index contributed by atoms with van der Waals surface area (Å²) in [7, 11) is 1.83. The molecular formula is C18H25ClN2O2. The number of halogens is 1. The molecule has 0 aliphatic heterocycles. The van der Waals surface area contributed by atoms with Crippen molar-refractivity contribution in [3.05, 3.63) is 36.1 Å². The van der Waals surface area contributed by atoms with Gasteiger partial charge in [-0.25, -0.2) is 0 Å². The first-order chi connectivity index (χ1) is 10.5. The summed E-state index contributed by atoms with van der Waals surface area (Å²) in [6, 6.07) is 9.90. The lowest BCUT2D eigenvalue weighted by Crippen LogP contribution is -2.52. The van der Waals surface area contributed by atoms with Crippen molar-refractivity contribution >= 4 is 29.3 Å². The molecule has 2 unspecified atom stereocenters. The van der Waals surface area contributed by atoms with Crippen LogP contribution in [-0.2, 0) is 11.3 Å². The fourth-order valence-electron chi connectivity index (χ4n) is 3.46. The number of nitrogens with two attached hydrogens (primary N) is 1. The van der Waals surface area contributed by atoms with Gasteiger partial charge in [-0.15, -0.1) is 12.4 Å². The molecule has 1 aliphatic carbocycles. The van der Waals surface area contributed by atoms with Gasteiger partial charge < -0.3 is 15.1 Å². The van der Waals surface area contributed by atoms with Crippen molar-refractivity contribution in [1.29, 1.82) is 0 Å². The van der Waals surface area contributed by atoms with E-state index in [2.05, 4.69) is 0 Å². The Labute approximate surface area is 143 Å². The van der Waals surface area contributed by atoms with Crippen LogP contribution < -0.4 is 5.73 Å².